The number of nitriles is 1. The Bertz CT molecular complexity index is 656. The first-order chi connectivity index (χ1) is 8.91. The normalized spacial score (nSPS) is 11.1. The fourth-order valence-electron chi connectivity index (χ4n) is 1.62. The van der Waals surface area contributed by atoms with Crippen molar-refractivity contribution in [3.63, 3.8) is 0 Å². The van der Waals surface area contributed by atoms with E-state index in [1.807, 2.05) is 6.07 Å². The van der Waals surface area contributed by atoms with Gasteiger partial charge in [-0.3, -0.25) is 0 Å². The Morgan fingerprint density at radius 1 is 1.21 bits per heavy atom. The van der Waals surface area contributed by atoms with Crippen LogP contribution >= 0.6 is 15.9 Å². The van der Waals surface area contributed by atoms with Gasteiger partial charge in [-0.25, -0.2) is 0 Å². The molecule has 0 heterocycles. The molecular formula is C14H6BrF3N. The first kappa shape index (κ1) is 13.6. The number of nitrogens with zero attached hydrogens (tertiary/aromatic N) is 1. The third-order valence-corrected chi connectivity index (χ3v) is 3.18. The fourth-order valence-corrected chi connectivity index (χ4v) is 2.07. The molecule has 0 amide bonds. The van der Waals surface area contributed by atoms with Crippen molar-refractivity contribution in [2.75, 3.05) is 0 Å². The molecule has 2 aromatic rings. The number of hydrogen-bond acceptors (Lipinski definition) is 1. The molecule has 0 saturated heterocycles. The summed E-state index contributed by atoms with van der Waals surface area (Å²) in [5.74, 6) is 0. The van der Waals surface area contributed by atoms with Crippen molar-refractivity contribution in [1.29, 1.82) is 5.26 Å². The molecule has 2 rings (SSSR count). The summed E-state index contributed by atoms with van der Waals surface area (Å²) in [7, 11) is 0. The van der Waals surface area contributed by atoms with E-state index in [1.165, 1.54) is 18.2 Å². The number of hydrogen-bond donors (Lipinski definition) is 0. The lowest BCUT2D eigenvalue weighted by Crippen LogP contribution is -2.04. The van der Waals surface area contributed by atoms with Gasteiger partial charge in [0.1, 0.15) is 0 Å². The van der Waals surface area contributed by atoms with Crippen LogP contribution in [0.3, 0.4) is 0 Å². The van der Waals surface area contributed by atoms with Gasteiger partial charge in [0.15, 0.2) is 0 Å². The summed E-state index contributed by atoms with van der Waals surface area (Å²) < 4.78 is 38.5. The van der Waals surface area contributed by atoms with Crippen LogP contribution in [0.1, 0.15) is 11.1 Å². The van der Waals surface area contributed by atoms with E-state index in [1.54, 1.807) is 6.07 Å². The van der Waals surface area contributed by atoms with Crippen LogP contribution in [-0.4, -0.2) is 0 Å². The highest BCUT2D eigenvalue weighted by Gasteiger charge is 2.30. The Labute approximate surface area is 116 Å². The van der Waals surface area contributed by atoms with Gasteiger partial charge in [-0.2, -0.15) is 18.4 Å². The van der Waals surface area contributed by atoms with Crippen molar-refractivity contribution in [2.24, 2.45) is 0 Å². The molecule has 0 fully saturated rings. The van der Waals surface area contributed by atoms with E-state index in [2.05, 4.69) is 22.0 Å². The zero-order valence-corrected chi connectivity index (χ0v) is 11.0. The lowest BCUT2D eigenvalue weighted by Gasteiger charge is -2.10. The fraction of sp³-hybridized carbons (Fsp3) is 0.0714. The van der Waals surface area contributed by atoms with Gasteiger partial charge in [0, 0.05) is 4.47 Å². The first-order valence-corrected chi connectivity index (χ1v) is 6.00. The summed E-state index contributed by atoms with van der Waals surface area (Å²) >= 11 is 3.23. The van der Waals surface area contributed by atoms with Crippen molar-refractivity contribution in [2.45, 2.75) is 6.18 Å². The lowest BCUT2D eigenvalue weighted by molar-refractivity contribution is -0.137. The van der Waals surface area contributed by atoms with E-state index in [0.717, 1.165) is 12.1 Å². The summed E-state index contributed by atoms with van der Waals surface area (Å²) in [5, 5.41) is 8.82. The van der Waals surface area contributed by atoms with Crippen LogP contribution in [0.4, 0.5) is 13.2 Å². The van der Waals surface area contributed by atoms with Crippen LogP contribution in [0.15, 0.2) is 40.9 Å². The van der Waals surface area contributed by atoms with Gasteiger partial charge in [-0.15, -0.1) is 0 Å². The average molecular weight is 325 g/mol. The molecule has 0 bridgehead atoms. The van der Waals surface area contributed by atoms with Gasteiger partial charge in [0.2, 0.25) is 0 Å². The van der Waals surface area contributed by atoms with Gasteiger partial charge in [0.25, 0.3) is 0 Å². The smallest absolute Gasteiger partial charge is 0.192 e. The highest BCUT2D eigenvalue weighted by molar-refractivity contribution is 9.10. The summed E-state index contributed by atoms with van der Waals surface area (Å²) in [4.78, 5) is 0. The molecule has 0 spiro atoms. The van der Waals surface area contributed by atoms with Gasteiger partial charge >= 0.3 is 6.18 Å². The standard InChI is InChI=1S/C14H6BrF3N/c15-13-5-4-9(8-19)6-12(13)10-2-1-3-11(7-10)14(16,17)18/h1-4,6-7H. The van der Waals surface area contributed by atoms with Crippen molar-refractivity contribution >= 4 is 15.9 Å². The van der Waals surface area contributed by atoms with Crippen LogP contribution in [-0.2, 0) is 6.18 Å². The summed E-state index contributed by atoms with van der Waals surface area (Å²) in [6.45, 7) is 0. The Hall–Kier alpha value is -1.80. The van der Waals surface area contributed by atoms with E-state index in [-0.39, 0.29) is 0 Å². The molecule has 0 N–H and O–H groups in total. The molecule has 1 nitrogen and oxygen atoms in total. The van der Waals surface area contributed by atoms with Gasteiger partial charge in [0.05, 0.1) is 17.2 Å². The molecule has 0 atom stereocenters. The highest BCUT2D eigenvalue weighted by Crippen LogP contribution is 2.34. The molecule has 0 unspecified atom stereocenters. The molecule has 95 valence electrons. The lowest BCUT2D eigenvalue weighted by atomic mass is 10.0. The van der Waals surface area contributed by atoms with Crippen molar-refractivity contribution in [3.05, 3.63) is 58.1 Å². The number of alkyl halides is 3. The molecule has 0 aliphatic heterocycles. The van der Waals surface area contributed by atoms with Crippen LogP contribution < -0.4 is 0 Å². The SMILES string of the molecule is N#Cc1c[c]c(Br)c(-c2cccc(C(F)(F)F)c2)c1. The molecule has 2 aromatic carbocycles. The van der Waals surface area contributed by atoms with Crippen LogP contribution in [0.5, 0.6) is 0 Å². The van der Waals surface area contributed by atoms with E-state index in [0.29, 0.717) is 21.2 Å². The van der Waals surface area contributed by atoms with Gasteiger partial charge in [-0.05, 0) is 57.4 Å². The number of halogens is 4. The van der Waals surface area contributed by atoms with Crippen molar-refractivity contribution in [1.82, 2.24) is 0 Å². The maximum Gasteiger partial charge on any atom is 0.416 e. The Morgan fingerprint density at radius 2 is 1.95 bits per heavy atom. The summed E-state index contributed by atoms with van der Waals surface area (Å²) in [6.07, 6.45) is -4.39. The number of rotatable bonds is 1. The summed E-state index contributed by atoms with van der Waals surface area (Å²) in [6, 6.07) is 12.7. The minimum absolute atomic E-state index is 0.343. The highest BCUT2D eigenvalue weighted by atomic mass is 79.9. The third-order valence-electron chi connectivity index (χ3n) is 2.52. The monoisotopic (exact) mass is 324 g/mol. The Balaban J connectivity index is 2.57. The summed E-state index contributed by atoms with van der Waals surface area (Å²) in [5.41, 5.74) is 0.509. The predicted molar refractivity (Wildman–Crippen MR) is 68.1 cm³/mol. The second-order valence-corrected chi connectivity index (χ2v) is 4.60. The minimum Gasteiger partial charge on any atom is -0.192 e. The van der Waals surface area contributed by atoms with E-state index >= 15 is 0 Å². The largest absolute Gasteiger partial charge is 0.416 e. The molecular weight excluding hydrogens is 319 g/mol. The molecule has 5 heteroatoms. The molecule has 0 aromatic heterocycles. The topological polar surface area (TPSA) is 23.8 Å². The maximum atomic E-state index is 12.7. The molecule has 19 heavy (non-hydrogen) atoms. The quantitative estimate of drug-likeness (QED) is 0.738. The maximum absolute atomic E-state index is 12.7. The molecule has 0 aliphatic carbocycles. The van der Waals surface area contributed by atoms with Crippen molar-refractivity contribution < 1.29 is 13.2 Å². The molecule has 0 saturated carbocycles. The first-order valence-electron chi connectivity index (χ1n) is 5.21. The van der Waals surface area contributed by atoms with Crippen LogP contribution in [0.2, 0.25) is 0 Å². The van der Waals surface area contributed by atoms with Gasteiger partial charge < -0.3 is 0 Å². The van der Waals surface area contributed by atoms with E-state index < -0.39 is 11.7 Å². The second kappa shape index (κ2) is 5.06. The number of benzene rings is 2. The van der Waals surface area contributed by atoms with Gasteiger partial charge in [-0.1, -0.05) is 12.1 Å². The van der Waals surface area contributed by atoms with E-state index in [9.17, 15) is 13.2 Å². The minimum atomic E-state index is -4.39. The molecule has 0 aliphatic rings. The third kappa shape index (κ3) is 2.96. The predicted octanol–water partition coefficient (Wildman–Crippen LogP) is 4.81. The van der Waals surface area contributed by atoms with Crippen LogP contribution in [0, 0.1) is 17.4 Å². The van der Waals surface area contributed by atoms with Crippen molar-refractivity contribution in [3.8, 4) is 17.2 Å². The second-order valence-electron chi connectivity index (χ2n) is 3.81. The Kier molecular flexibility index (Phi) is 3.63. The average Bonchev–Trinajstić information content (AvgIpc) is 2.38. The Morgan fingerprint density at radius 3 is 2.58 bits per heavy atom. The molecule has 1 radical (unpaired) electrons. The zero-order chi connectivity index (χ0) is 14.0. The van der Waals surface area contributed by atoms with Crippen LogP contribution in [0.25, 0.3) is 11.1 Å². The zero-order valence-electron chi connectivity index (χ0n) is 9.42. The van der Waals surface area contributed by atoms with E-state index in [4.69, 9.17) is 5.26 Å².